The molecule has 0 aromatic heterocycles. The zero-order valence-electron chi connectivity index (χ0n) is 8.17. The summed E-state index contributed by atoms with van der Waals surface area (Å²) in [6, 6.07) is 1.90. The molecule has 1 N–H and O–H groups in total. The molecular weight excluding hydrogens is 176 g/mol. The van der Waals surface area contributed by atoms with Crippen molar-refractivity contribution >= 4 is 17.4 Å². The molecule has 0 saturated heterocycles. The van der Waals surface area contributed by atoms with Crippen molar-refractivity contribution in [2.75, 3.05) is 0 Å². The first-order chi connectivity index (χ1) is 6.81. The number of aliphatic imine (C=N–C) groups is 2. The van der Waals surface area contributed by atoms with Crippen molar-refractivity contribution in [1.82, 2.24) is 0 Å². The SMILES string of the molecule is CCCCCC1=NC(=C=N)C(C#N)=N1. The summed E-state index contributed by atoms with van der Waals surface area (Å²) in [5.41, 5.74) is 0.477. The van der Waals surface area contributed by atoms with Crippen molar-refractivity contribution in [3.05, 3.63) is 5.70 Å². The highest BCUT2D eigenvalue weighted by Gasteiger charge is 2.15. The average molecular weight is 188 g/mol. The fraction of sp³-hybridized carbons (Fsp3) is 0.500. The number of nitriles is 1. The molecule has 0 bridgehead atoms. The molecule has 0 radical (unpaired) electrons. The van der Waals surface area contributed by atoms with Crippen molar-refractivity contribution in [3.63, 3.8) is 0 Å². The summed E-state index contributed by atoms with van der Waals surface area (Å²) in [5, 5.41) is 15.6. The van der Waals surface area contributed by atoms with Crippen LogP contribution in [0, 0.1) is 16.7 Å². The third-order valence-corrected chi connectivity index (χ3v) is 1.93. The van der Waals surface area contributed by atoms with Gasteiger partial charge in [0.2, 0.25) is 0 Å². The van der Waals surface area contributed by atoms with Gasteiger partial charge >= 0.3 is 0 Å². The van der Waals surface area contributed by atoms with Crippen molar-refractivity contribution in [2.45, 2.75) is 32.6 Å². The number of rotatable bonds is 4. The van der Waals surface area contributed by atoms with Crippen molar-refractivity contribution in [3.8, 4) is 6.07 Å². The van der Waals surface area contributed by atoms with Gasteiger partial charge in [0.1, 0.15) is 11.9 Å². The maximum Gasteiger partial charge on any atom is 0.177 e. The molecule has 0 fully saturated rings. The van der Waals surface area contributed by atoms with Crippen LogP contribution in [0.4, 0.5) is 0 Å². The maximum atomic E-state index is 8.66. The summed E-state index contributed by atoms with van der Waals surface area (Å²) in [4.78, 5) is 8.06. The Labute approximate surface area is 83.2 Å². The molecule has 0 amide bonds. The van der Waals surface area contributed by atoms with Gasteiger partial charge in [0.15, 0.2) is 11.4 Å². The largest absolute Gasteiger partial charge is 0.257 e. The van der Waals surface area contributed by atoms with Crippen LogP contribution in [0.5, 0.6) is 0 Å². The molecule has 1 aliphatic heterocycles. The van der Waals surface area contributed by atoms with E-state index >= 15 is 0 Å². The minimum Gasteiger partial charge on any atom is -0.257 e. The van der Waals surface area contributed by atoms with E-state index in [0.29, 0.717) is 5.84 Å². The topological polar surface area (TPSA) is 72.4 Å². The van der Waals surface area contributed by atoms with Crippen LogP contribution >= 0.6 is 0 Å². The summed E-state index contributed by atoms with van der Waals surface area (Å²) in [7, 11) is 0. The fourth-order valence-corrected chi connectivity index (χ4v) is 1.20. The Balaban J connectivity index is 2.62. The van der Waals surface area contributed by atoms with Crippen LogP contribution in [0.15, 0.2) is 15.7 Å². The van der Waals surface area contributed by atoms with Crippen molar-refractivity contribution < 1.29 is 0 Å². The minimum atomic E-state index is 0.214. The number of amidine groups is 1. The second kappa shape index (κ2) is 5.11. The van der Waals surface area contributed by atoms with Gasteiger partial charge in [-0.3, -0.25) is 5.41 Å². The third-order valence-electron chi connectivity index (χ3n) is 1.93. The molecule has 4 nitrogen and oxygen atoms in total. The van der Waals surface area contributed by atoms with Gasteiger partial charge in [0, 0.05) is 12.3 Å². The zero-order chi connectivity index (χ0) is 10.4. The molecule has 1 rings (SSSR count). The van der Waals surface area contributed by atoms with Crippen molar-refractivity contribution in [1.29, 1.82) is 10.7 Å². The first-order valence-corrected chi connectivity index (χ1v) is 4.68. The highest BCUT2D eigenvalue weighted by Crippen LogP contribution is 2.11. The van der Waals surface area contributed by atoms with Crippen LogP contribution in [0.3, 0.4) is 0 Å². The Bertz CT molecular complexity index is 364. The number of allylic oxidation sites excluding steroid dienone is 1. The van der Waals surface area contributed by atoms with Crippen LogP contribution < -0.4 is 0 Å². The number of unbranched alkanes of at least 4 members (excludes halogenated alkanes) is 2. The summed E-state index contributed by atoms with van der Waals surface area (Å²) >= 11 is 0. The highest BCUT2D eigenvalue weighted by atomic mass is 15.0. The normalized spacial score (nSPS) is 14.4. The molecule has 14 heavy (non-hydrogen) atoms. The van der Waals surface area contributed by atoms with E-state index in [9.17, 15) is 0 Å². The van der Waals surface area contributed by atoms with Gasteiger partial charge < -0.3 is 0 Å². The van der Waals surface area contributed by atoms with Gasteiger partial charge in [0.05, 0.1) is 0 Å². The second-order valence-electron chi connectivity index (χ2n) is 3.03. The highest BCUT2D eigenvalue weighted by molar-refractivity contribution is 6.23. The van der Waals surface area contributed by atoms with E-state index in [0.717, 1.165) is 25.7 Å². The molecular formula is C10H12N4. The van der Waals surface area contributed by atoms with Gasteiger partial charge in [-0.25, -0.2) is 9.98 Å². The average Bonchev–Trinajstić information content (AvgIpc) is 2.61. The summed E-state index contributed by atoms with van der Waals surface area (Å²) < 4.78 is 0. The molecule has 0 unspecified atom stereocenters. The first kappa shape index (κ1) is 10.4. The lowest BCUT2D eigenvalue weighted by molar-refractivity contribution is 0.740. The first-order valence-electron chi connectivity index (χ1n) is 4.68. The minimum absolute atomic E-state index is 0.214. The molecule has 0 atom stereocenters. The number of nitrogens with zero attached hydrogens (tertiary/aromatic N) is 3. The van der Waals surface area contributed by atoms with Crippen LogP contribution in [0.2, 0.25) is 0 Å². The molecule has 72 valence electrons. The van der Waals surface area contributed by atoms with Gasteiger partial charge in [0.25, 0.3) is 0 Å². The smallest absolute Gasteiger partial charge is 0.177 e. The summed E-state index contributed by atoms with van der Waals surface area (Å²) in [6.07, 6.45) is 4.10. The predicted octanol–water partition coefficient (Wildman–Crippen LogP) is 2.08. The van der Waals surface area contributed by atoms with E-state index in [1.54, 1.807) is 0 Å². The van der Waals surface area contributed by atoms with Gasteiger partial charge in [-0.15, -0.1) is 0 Å². The number of hydrogen-bond donors (Lipinski definition) is 1. The molecule has 0 aliphatic carbocycles. The lowest BCUT2D eigenvalue weighted by Crippen LogP contribution is -1.93. The molecule has 0 saturated carbocycles. The van der Waals surface area contributed by atoms with E-state index in [2.05, 4.69) is 22.8 Å². The van der Waals surface area contributed by atoms with Crippen LogP contribution in [0.1, 0.15) is 32.6 Å². The van der Waals surface area contributed by atoms with Crippen LogP contribution in [-0.4, -0.2) is 17.4 Å². The Morgan fingerprint density at radius 1 is 1.36 bits per heavy atom. The van der Waals surface area contributed by atoms with Crippen molar-refractivity contribution in [2.24, 2.45) is 9.98 Å². The predicted molar refractivity (Wildman–Crippen MR) is 55.9 cm³/mol. The monoisotopic (exact) mass is 188 g/mol. The van der Waals surface area contributed by atoms with Gasteiger partial charge in [-0.2, -0.15) is 5.26 Å². The summed E-state index contributed by atoms with van der Waals surface area (Å²) in [6.45, 7) is 2.13. The number of hydrogen-bond acceptors (Lipinski definition) is 4. The Morgan fingerprint density at radius 2 is 2.14 bits per heavy atom. The van der Waals surface area contributed by atoms with Gasteiger partial charge in [-0.1, -0.05) is 19.8 Å². The lowest BCUT2D eigenvalue weighted by atomic mass is 10.2. The van der Waals surface area contributed by atoms with E-state index in [-0.39, 0.29) is 11.4 Å². The van der Waals surface area contributed by atoms with E-state index < -0.39 is 0 Å². The second-order valence-corrected chi connectivity index (χ2v) is 3.03. The van der Waals surface area contributed by atoms with E-state index in [1.165, 1.54) is 0 Å². The lowest BCUT2D eigenvalue weighted by Gasteiger charge is -1.94. The Kier molecular flexibility index (Phi) is 3.78. The van der Waals surface area contributed by atoms with Gasteiger partial charge in [-0.05, 0) is 6.42 Å². The Hall–Kier alpha value is -1.72. The molecule has 1 aliphatic rings. The molecule has 0 aromatic rings. The van der Waals surface area contributed by atoms with E-state index in [4.69, 9.17) is 10.7 Å². The summed E-state index contributed by atoms with van der Waals surface area (Å²) in [5.74, 6) is 2.77. The maximum absolute atomic E-state index is 8.66. The quantitative estimate of drug-likeness (QED) is 0.532. The third kappa shape index (κ3) is 2.38. The molecule has 4 heteroatoms. The Morgan fingerprint density at radius 3 is 2.64 bits per heavy atom. The van der Waals surface area contributed by atoms with Crippen LogP contribution in [0.25, 0.3) is 0 Å². The molecule has 0 aromatic carbocycles. The zero-order valence-corrected chi connectivity index (χ0v) is 8.17. The standard InChI is InChI=1S/C10H12N4/c1-2-3-4-5-10-13-8(6-11)9(7-12)14-10/h11H,2-5H2,1H3. The molecule has 1 heterocycles. The number of nitrogens with one attached hydrogen (secondary N) is 1. The molecule has 0 spiro atoms. The van der Waals surface area contributed by atoms with E-state index in [1.807, 2.05) is 6.07 Å². The van der Waals surface area contributed by atoms with Crippen LogP contribution in [-0.2, 0) is 0 Å². The fourth-order valence-electron chi connectivity index (χ4n) is 1.20.